The molecule has 1 fully saturated rings. The third-order valence-electron chi connectivity index (χ3n) is 5.00. The molecule has 3 aromatic carbocycles. The van der Waals surface area contributed by atoms with Crippen LogP contribution in [0.25, 0.3) is 10.8 Å². The zero-order valence-corrected chi connectivity index (χ0v) is 15.0. The van der Waals surface area contributed by atoms with Crippen molar-refractivity contribution in [3.8, 4) is 0 Å². The van der Waals surface area contributed by atoms with Crippen molar-refractivity contribution in [1.82, 2.24) is 4.90 Å². The van der Waals surface area contributed by atoms with Gasteiger partial charge in [0.25, 0.3) is 5.91 Å². The largest absolute Gasteiger partial charge is 0.368 e. The minimum Gasteiger partial charge on any atom is -0.368 e. The van der Waals surface area contributed by atoms with Gasteiger partial charge in [-0.05, 0) is 42.8 Å². The third-order valence-corrected chi connectivity index (χ3v) is 5.00. The average molecular weight is 345 g/mol. The van der Waals surface area contributed by atoms with E-state index in [0.717, 1.165) is 42.6 Å². The van der Waals surface area contributed by atoms with Crippen LogP contribution in [0.15, 0.2) is 66.7 Å². The van der Waals surface area contributed by atoms with E-state index in [-0.39, 0.29) is 5.91 Å². The van der Waals surface area contributed by atoms with Crippen LogP contribution in [0, 0.1) is 0 Å². The first-order chi connectivity index (χ1) is 12.7. The maximum atomic E-state index is 12.7. The predicted molar refractivity (Wildman–Crippen MR) is 108 cm³/mol. The molecule has 0 aliphatic carbocycles. The molecule has 1 aliphatic heterocycles. The SMILES string of the molecule is CN1CCN(c2cccc3ccc(C(=O)Nc4ccccc4)cc23)CC1. The summed E-state index contributed by atoms with van der Waals surface area (Å²) in [6, 6.07) is 21.9. The highest BCUT2D eigenvalue weighted by molar-refractivity contribution is 6.08. The van der Waals surface area contributed by atoms with Gasteiger partial charge in [-0.2, -0.15) is 0 Å². The molecule has 1 heterocycles. The van der Waals surface area contributed by atoms with Gasteiger partial charge in [0.2, 0.25) is 0 Å². The normalized spacial score (nSPS) is 15.2. The second-order valence-corrected chi connectivity index (χ2v) is 6.82. The first-order valence-corrected chi connectivity index (χ1v) is 9.03. The number of likely N-dealkylation sites (N-methyl/N-ethyl adjacent to an activating group) is 1. The van der Waals surface area contributed by atoms with Crippen molar-refractivity contribution in [1.29, 1.82) is 0 Å². The van der Waals surface area contributed by atoms with Gasteiger partial charge in [0.1, 0.15) is 0 Å². The highest BCUT2D eigenvalue weighted by atomic mass is 16.1. The fourth-order valence-electron chi connectivity index (χ4n) is 3.45. The molecule has 1 saturated heterocycles. The summed E-state index contributed by atoms with van der Waals surface area (Å²) in [6.45, 7) is 4.14. The number of carbonyl (C=O) groups excluding carboxylic acids is 1. The molecule has 1 amide bonds. The molecule has 0 bridgehead atoms. The maximum absolute atomic E-state index is 12.7. The lowest BCUT2D eigenvalue weighted by molar-refractivity contribution is 0.102. The van der Waals surface area contributed by atoms with Gasteiger partial charge in [-0.1, -0.05) is 36.4 Å². The van der Waals surface area contributed by atoms with Crippen molar-refractivity contribution in [2.75, 3.05) is 43.4 Å². The number of carbonyl (C=O) groups is 1. The average Bonchev–Trinajstić information content (AvgIpc) is 2.68. The van der Waals surface area contributed by atoms with Crippen LogP contribution in [0.2, 0.25) is 0 Å². The Hall–Kier alpha value is -2.85. The molecule has 0 saturated carbocycles. The van der Waals surface area contributed by atoms with E-state index in [1.807, 2.05) is 48.5 Å². The summed E-state index contributed by atoms with van der Waals surface area (Å²) in [5.41, 5.74) is 2.71. The highest BCUT2D eigenvalue weighted by Crippen LogP contribution is 2.29. The Bertz CT molecular complexity index is 915. The lowest BCUT2D eigenvalue weighted by Gasteiger charge is -2.34. The van der Waals surface area contributed by atoms with Crippen LogP contribution in [0.5, 0.6) is 0 Å². The minimum atomic E-state index is -0.0775. The van der Waals surface area contributed by atoms with Crippen LogP contribution in [0.3, 0.4) is 0 Å². The van der Waals surface area contributed by atoms with Crippen LogP contribution >= 0.6 is 0 Å². The van der Waals surface area contributed by atoms with E-state index in [1.54, 1.807) is 0 Å². The minimum absolute atomic E-state index is 0.0775. The number of nitrogens with zero attached hydrogens (tertiary/aromatic N) is 2. The molecule has 3 aromatic rings. The highest BCUT2D eigenvalue weighted by Gasteiger charge is 2.17. The first kappa shape index (κ1) is 16.6. The molecule has 4 heteroatoms. The number of piperazine rings is 1. The summed E-state index contributed by atoms with van der Waals surface area (Å²) in [7, 11) is 2.16. The van der Waals surface area contributed by atoms with E-state index in [1.165, 1.54) is 5.69 Å². The van der Waals surface area contributed by atoms with E-state index >= 15 is 0 Å². The van der Waals surface area contributed by atoms with Gasteiger partial charge in [-0.15, -0.1) is 0 Å². The monoisotopic (exact) mass is 345 g/mol. The van der Waals surface area contributed by atoms with Gasteiger partial charge in [0.15, 0.2) is 0 Å². The van der Waals surface area contributed by atoms with Gasteiger partial charge in [-0.3, -0.25) is 4.79 Å². The molecule has 0 unspecified atom stereocenters. The Morgan fingerprint density at radius 2 is 1.65 bits per heavy atom. The van der Waals surface area contributed by atoms with E-state index in [4.69, 9.17) is 0 Å². The molecular weight excluding hydrogens is 322 g/mol. The number of hydrogen-bond acceptors (Lipinski definition) is 3. The van der Waals surface area contributed by atoms with Crippen LogP contribution in [-0.4, -0.2) is 44.0 Å². The van der Waals surface area contributed by atoms with E-state index in [2.05, 4.69) is 40.4 Å². The standard InChI is InChI=1S/C22H23N3O/c1-24-12-14-25(15-13-24)21-9-5-6-17-10-11-18(16-20(17)21)22(26)23-19-7-3-2-4-8-19/h2-11,16H,12-15H2,1H3,(H,23,26). The molecule has 0 radical (unpaired) electrons. The topological polar surface area (TPSA) is 35.6 Å². The van der Waals surface area contributed by atoms with Crippen molar-refractivity contribution in [3.05, 3.63) is 72.3 Å². The number of fused-ring (bicyclic) bond motifs is 1. The fourth-order valence-corrected chi connectivity index (χ4v) is 3.45. The lowest BCUT2D eigenvalue weighted by atomic mass is 10.0. The van der Waals surface area contributed by atoms with Gasteiger partial charge < -0.3 is 15.1 Å². The van der Waals surface area contributed by atoms with Crippen molar-refractivity contribution in [2.45, 2.75) is 0 Å². The number of nitrogens with one attached hydrogen (secondary N) is 1. The molecule has 132 valence electrons. The Labute approximate surface area is 154 Å². The van der Waals surface area contributed by atoms with E-state index < -0.39 is 0 Å². The molecule has 0 aromatic heterocycles. The Morgan fingerprint density at radius 1 is 0.885 bits per heavy atom. The van der Waals surface area contributed by atoms with Gasteiger partial charge in [0.05, 0.1) is 0 Å². The first-order valence-electron chi connectivity index (χ1n) is 9.03. The molecule has 0 spiro atoms. The fraction of sp³-hybridized carbons (Fsp3) is 0.227. The molecule has 1 aliphatic rings. The molecule has 4 nitrogen and oxygen atoms in total. The van der Waals surface area contributed by atoms with Crippen molar-refractivity contribution >= 4 is 28.1 Å². The third kappa shape index (κ3) is 3.41. The van der Waals surface area contributed by atoms with Gasteiger partial charge in [0, 0.05) is 48.5 Å². The molecule has 1 N–H and O–H groups in total. The summed E-state index contributed by atoms with van der Waals surface area (Å²) in [5, 5.41) is 5.27. The zero-order chi connectivity index (χ0) is 17.9. The van der Waals surface area contributed by atoms with E-state index in [0.29, 0.717) is 5.56 Å². The lowest BCUT2D eigenvalue weighted by Crippen LogP contribution is -2.44. The molecule has 26 heavy (non-hydrogen) atoms. The Kier molecular flexibility index (Phi) is 4.59. The zero-order valence-electron chi connectivity index (χ0n) is 15.0. The number of amides is 1. The van der Waals surface area contributed by atoms with Crippen molar-refractivity contribution in [2.24, 2.45) is 0 Å². The van der Waals surface area contributed by atoms with Crippen LogP contribution in [0.1, 0.15) is 10.4 Å². The quantitative estimate of drug-likeness (QED) is 0.783. The van der Waals surface area contributed by atoms with Gasteiger partial charge in [-0.25, -0.2) is 0 Å². The van der Waals surface area contributed by atoms with Crippen molar-refractivity contribution < 1.29 is 4.79 Å². The smallest absolute Gasteiger partial charge is 0.255 e. The maximum Gasteiger partial charge on any atom is 0.255 e. The number of anilines is 2. The summed E-state index contributed by atoms with van der Waals surface area (Å²) in [6.07, 6.45) is 0. The molecule has 0 atom stereocenters. The summed E-state index contributed by atoms with van der Waals surface area (Å²) in [5.74, 6) is -0.0775. The van der Waals surface area contributed by atoms with Crippen LogP contribution < -0.4 is 10.2 Å². The summed E-state index contributed by atoms with van der Waals surface area (Å²) >= 11 is 0. The van der Waals surface area contributed by atoms with Crippen molar-refractivity contribution in [3.63, 3.8) is 0 Å². The number of rotatable bonds is 3. The summed E-state index contributed by atoms with van der Waals surface area (Å²) < 4.78 is 0. The Balaban J connectivity index is 1.65. The van der Waals surface area contributed by atoms with Crippen LogP contribution in [0.4, 0.5) is 11.4 Å². The predicted octanol–water partition coefficient (Wildman–Crippen LogP) is 3.84. The Morgan fingerprint density at radius 3 is 2.42 bits per heavy atom. The molecule has 4 rings (SSSR count). The molecular formula is C22H23N3O. The second kappa shape index (κ2) is 7.18. The van der Waals surface area contributed by atoms with Crippen LogP contribution in [-0.2, 0) is 0 Å². The number of hydrogen-bond donors (Lipinski definition) is 1. The second-order valence-electron chi connectivity index (χ2n) is 6.82. The summed E-state index contributed by atoms with van der Waals surface area (Å²) in [4.78, 5) is 17.4. The van der Waals surface area contributed by atoms with Gasteiger partial charge >= 0.3 is 0 Å². The number of benzene rings is 3. The van der Waals surface area contributed by atoms with E-state index in [9.17, 15) is 4.79 Å². The number of para-hydroxylation sites is 1.